The average molecular weight is 527 g/mol. The summed E-state index contributed by atoms with van der Waals surface area (Å²) in [5, 5.41) is 5.03. The quantitative estimate of drug-likeness (QED) is 0.431. The third-order valence-electron chi connectivity index (χ3n) is 5.36. The van der Waals surface area contributed by atoms with E-state index in [1.807, 2.05) is 81.4 Å². The zero-order valence-corrected chi connectivity index (χ0v) is 21.8. The van der Waals surface area contributed by atoms with Crippen LogP contribution in [0.3, 0.4) is 0 Å². The maximum absolute atomic E-state index is 13.3. The van der Waals surface area contributed by atoms with Gasteiger partial charge in [0.05, 0.1) is 11.6 Å². The van der Waals surface area contributed by atoms with Crippen LogP contribution >= 0.6 is 15.9 Å². The fourth-order valence-electron chi connectivity index (χ4n) is 3.53. The molecule has 0 aromatic heterocycles. The van der Waals surface area contributed by atoms with Crippen LogP contribution in [0.2, 0.25) is 0 Å². The molecule has 0 saturated carbocycles. The number of hydrogen-bond donors (Lipinski definition) is 1. The molecule has 1 N–H and O–H groups in total. The number of fused-ring (bicyclic) bond motifs is 1. The number of carbonyl (C=O) groups is 2. The molecular formula is C27H31BrN2O4. The number of hydrogen-bond acceptors (Lipinski definition) is 4. The van der Waals surface area contributed by atoms with Crippen molar-refractivity contribution < 1.29 is 19.1 Å². The van der Waals surface area contributed by atoms with Crippen molar-refractivity contribution in [2.45, 2.75) is 45.8 Å². The number of nitrogens with one attached hydrogen (secondary N) is 1. The maximum Gasteiger partial charge on any atom is 0.261 e. The summed E-state index contributed by atoms with van der Waals surface area (Å²) in [6.07, 6.45) is 0. The van der Waals surface area contributed by atoms with Crippen molar-refractivity contribution in [3.8, 4) is 11.5 Å². The summed E-state index contributed by atoms with van der Waals surface area (Å²) in [7, 11) is 1.60. The third-order valence-corrected chi connectivity index (χ3v) is 6.17. The summed E-state index contributed by atoms with van der Waals surface area (Å²) < 4.78 is 11.9. The zero-order chi connectivity index (χ0) is 24.9. The lowest BCUT2D eigenvalue weighted by atomic mass is 10.1. The van der Waals surface area contributed by atoms with Gasteiger partial charge in [-0.25, -0.2) is 0 Å². The van der Waals surface area contributed by atoms with Crippen molar-refractivity contribution >= 4 is 38.5 Å². The first-order chi connectivity index (χ1) is 16.1. The van der Waals surface area contributed by atoms with E-state index in [1.54, 1.807) is 14.0 Å². The van der Waals surface area contributed by atoms with Gasteiger partial charge in [0.1, 0.15) is 17.5 Å². The molecule has 0 aliphatic heterocycles. The summed E-state index contributed by atoms with van der Waals surface area (Å²) >= 11 is 3.60. The molecule has 7 heteroatoms. The molecule has 0 fully saturated rings. The molecule has 0 saturated heterocycles. The highest BCUT2D eigenvalue weighted by atomic mass is 79.9. The van der Waals surface area contributed by atoms with Crippen molar-refractivity contribution in [1.82, 2.24) is 10.2 Å². The molecule has 180 valence electrons. The Morgan fingerprint density at radius 2 is 1.71 bits per heavy atom. The summed E-state index contributed by atoms with van der Waals surface area (Å²) in [6.45, 7) is 7.54. The number of methoxy groups -OCH3 is 1. The fourth-order valence-corrected chi connectivity index (χ4v) is 4.14. The Kier molecular flexibility index (Phi) is 8.20. The molecule has 0 unspecified atom stereocenters. The SMILES string of the molecule is COc1ccc(CN(C(=O)COc2ccc3ccccc3c2Br)[C@H](C)C(=O)NC(C)(C)C)cc1. The van der Waals surface area contributed by atoms with Crippen LogP contribution in [-0.2, 0) is 16.1 Å². The average Bonchev–Trinajstić information content (AvgIpc) is 2.81. The van der Waals surface area contributed by atoms with E-state index in [2.05, 4.69) is 21.2 Å². The second-order valence-corrected chi connectivity index (χ2v) is 9.97. The molecule has 6 nitrogen and oxygen atoms in total. The van der Waals surface area contributed by atoms with E-state index >= 15 is 0 Å². The smallest absolute Gasteiger partial charge is 0.261 e. The first-order valence-corrected chi connectivity index (χ1v) is 11.9. The minimum atomic E-state index is -0.683. The van der Waals surface area contributed by atoms with Crippen molar-refractivity contribution in [2.24, 2.45) is 0 Å². The number of benzene rings is 3. The van der Waals surface area contributed by atoms with E-state index in [-0.39, 0.29) is 25.0 Å². The van der Waals surface area contributed by atoms with E-state index in [9.17, 15) is 9.59 Å². The largest absolute Gasteiger partial charge is 0.497 e. The monoisotopic (exact) mass is 526 g/mol. The molecule has 3 aromatic rings. The number of halogens is 1. The van der Waals surface area contributed by atoms with Crippen LogP contribution in [0.15, 0.2) is 65.1 Å². The van der Waals surface area contributed by atoms with Crippen LogP contribution in [0.1, 0.15) is 33.3 Å². The molecule has 0 spiro atoms. The van der Waals surface area contributed by atoms with Crippen LogP contribution in [0.4, 0.5) is 0 Å². The van der Waals surface area contributed by atoms with E-state index < -0.39 is 11.6 Å². The molecule has 1 atom stereocenters. The van der Waals surface area contributed by atoms with Crippen molar-refractivity contribution in [3.05, 3.63) is 70.7 Å². The predicted octanol–water partition coefficient (Wildman–Crippen LogP) is 5.32. The standard InChI is InChI=1S/C27H31BrN2O4/c1-18(26(32)29-27(2,3)4)30(16-19-10-13-21(33-5)14-11-19)24(31)17-34-23-15-12-20-8-6-7-9-22(20)25(23)28/h6-15,18H,16-17H2,1-5H3,(H,29,32)/t18-/m1/s1. The molecule has 3 rings (SSSR count). The molecule has 3 aromatic carbocycles. The van der Waals surface area contributed by atoms with Gasteiger partial charge in [-0.1, -0.05) is 42.5 Å². The van der Waals surface area contributed by atoms with E-state index in [1.165, 1.54) is 4.90 Å². The lowest BCUT2D eigenvalue weighted by Crippen LogP contribution is -2.53. The summed E-state index contributed by atoms with van der Waals surface area (Å²) in [6, 6.07) is 18.5. The Labute approximate surface area is 209 Å². The molecule has 34 heavy (non-hydrogen) atoms. The van der Waals surface area contributed by atoms with Crippen molar-refractivity contribution in [1.29, 1.82) is 0 Å². The van der Waals surface area contributed by atoms with Crippen molar-refractivity contribution in [2.75, 3.05) is 13.7 Å². The third kappa shape index (κ3) is 6.50. The highest BCUT2D eigenvalue weighted by Gasteiger charge is 2.29. The van der Waals surface area contributed by atoms with Gasteiger partial charge in [0.15, 0.2) is 6.61 Å². The molecule has 0 aliphatic carbocycles. The van der Waals surface area contributed by atoms with Gasteiger partial charge in [-0.05, 0) is 78.2 Å². The molecular weight excluding hydrogens is 496 g/mol. The Morgan fingerprint density at radius 1 is 1.03 bits per heavy atom. The fraction of sp³-hybridized carbons (Fsp3) is 0.333. The topological polar surface area (TPSA) is 67.9 Å². The maximum atomic E-state index is 13.3. The minimum Gasteiger partial charge on any atom is -0.497 e. The highest BCUT2D eigenvalue weighted by molar-refractivity contribution is 9.10. The number of nitrogens with zero attached hydrogens (tertiary/aromatic N) is 1. The normalized spacial score (nSPS) is 12.2. The Bertz CT molecular complexity index is 1160. The number of rotatable bonds is 8. The van der Waals surface area contributed by atoms with Crippen LogP contribution in [0.25, 0.3) is 10.8 Å². The summed E-state index contributed by atoms with van der Waals surface area (Å²) in [5.74, 6) is 0.793. The lowest BCUT2D eigenvalue weighted by Gasteiger charge is -2.31. The molecule has 0 bridgehead atoms. The minimum absolute atomic E-state index is 0.194. The number of carbonyl (C=O) groups excluding carboxylic acids is 2. The van der Waals surface area contributed by atoms with E-state index in [4.69, 9.17) is 9.47 Å². The van der Waals surface area contributed by atoms with Crippen LogP contribution in [0, 0.1) is 0 Å². The lowest BCUT2D eigenvalue weighted by molar-refractivity contribution is -0.142. The van der Waals surface area contributed by atoms with Gasteiger partial charge in [0.25, 0.3) is 5.91 Å². The van der Waals surface area contributed by atoms with E-state index in [0.717, 1.165) is 26.6 Å². The van der Waals surface area contributed by atoms with Gasteiger partial charge < -0.3 is 19.7 Å². The Balaban J connectivity index is 1.80. The first-order valence-electron chi connectivity index (χ1n) is 11.1. The molecule has 0 heterocycles. The summed E-state index contributed by atoms with van der Waals surface area (Å²) in [5.41, 5.74) is 0.476. The molecule has 2 amide bonds. The van der Waals surface area contributed by atoms with Gasteiger partial charge >= 0.3 is 0 Å². The van der Waals surface area contributed by atoms with Gasteiger partial charge in [-0.2, -0.15) is 0 Å². The van der Waals surface area contributed by atoms with Crippen molar-refractivity contribution in [3.63, 3.8) is 0 Å². The van der Waals surface area contributed by atoms with Gasteiger partial charge in [0.2, 0.25) is 5.91 Å². The number of amides is 2. The van der Waals surface area contributed by atoms with Crippen LogP contribution in [0.5, 0.6) is 11.5 Å². The van der Waals surface area contributed by atoms with Gasteiger partial charge in [-0.3, -0.25) is 9.59 Å². The van der Waals surface area contributed by atoms with Crippen LogP contribution < -0.4 is 14.8 Å². The van der Waals surface area contributed by atoms with Gasteiger partial charge in [-0.15, -0.1) is 0 Å². The first kappa shape index (κ1) is 25.6. The number of ether oxygens (including phenoxy) is 2. The summed E-state index contributed by atoms with van der Waals surface area (Å²) in [4.78, 5) is 27.7. The second-order valence-electron chi connectivity index (χ2n) is 9.17. The highest BCUT2D eigenvalue weighted by Crippen LogP contribution is 2.33. The zero-order valence-electron chi connectivity index (χ0n) is 20.2. The predicted molar refractivity (Wildman–Crippen MR) is 138 cm³/mol. The second kappa shape index (κ2) is 10.9. The van der Waals surface area contributed by atoms with Gasteiger partial charge in [0, 0.05) is 12.1 Å². The Morgan fingerprint density at radius 3 is 2.35 bits per heavy atom. The molecule has 0 radical (unpaired) electrons. The Hall–Kier alpha value is -3.06. The van der Waals surface area contributed by atoms with E-state index in [0.29, 0.717) is 5.75 Å². The molecule has 0 aliphatic rings. The van der Waals surface area contributed by atoms with Crippen LogP contribution in [-0.4, -0.2) is 42.0 Å².